The van der Waals surface area contributed by atoms with E-state index >= 15 is 0 Å². The zero-order chi connectivity index (χ0) is 9.97. The monoisotopic (exact) mass is 193 g/mol. The summed E-state index contributed by atoms with van der Waals surface area (Å²) in [5, 5.41) is 8.87. The molecule has 1 aromatic heterocycles. The Kier molecular flexibility index (Phi) is 2.14. The molecule has 1 aliphatic rings. The number of aliphatic carboxylic acids is 1. The third-order valence-corrected chi connectivity index (χ3v) is 2.07. The summed E-state index contributed by atoms with van der Waals surface area (Å²) in [6.07, 6.45) is 4.05. The van der Waals surface area contributed by atoms with Gasteiger partial charge in [-0.3, -0.25) is 4.98 Å². The van der Waals surface area contributed by atoms with Crippen LogP contribution in [-0.4, -0.2) is 28.5 Å². The Bertz CT molecular complexity index is 364. The molecule has 2 atom stereocenters. The molecule has 0 spiro atoms. The van der Waals surface area contributed by atoms with Crippen molar-refractivity contribution < 1.29 is 19.6 Å². The number of nitrogens with zero attached hydrogens (tertiary/aromatic N) is 1. The molecule has 14 heavy (non-hydrogen) atoms. The van der Waals surface area contributed by atoms with Crippen molar-refractivity contribution in [2.45, 2.75) is 12.1 Å². The summed E-state index contributed by atoms with van der Waals surface area (Å²) in [5.41, 5.74) is 0.800. The number of carboxylic acids is 1. The molecule has 0 amide bonds. The molecule has 72 valence electrons. The van der Waals surface area contributed by atoms with Gasteiger partial charge in [0, 0.05) is 18.0 Å². The highest BCUT2D eigenvalue weighted by atomic mass is 16.5. The molecule has 0 aromatic carbocycles. The third-order valence-electron chi connectivity index (χ3n) is 2.07. The summed E-state index contributed by atoms with van der Waals surface area (Å²) >= 11 is 0. The van der Waals surface area contributed by atoms with Gasteiger partial charge in [-0.15, -0.1) is 0 Å². The number of aromatic nitrogens is 1. The minimum Gasteiger partial charge on any atom is -0.476 e. The van der Waals surface area contributed by atoms with E-state index in [1.54, 1.807) is 24.5 Å². The van der Waals surface area contributed by atoms with E-state index in [9.17, 15) is 4.79 Å². The van der Waals surface area contributed by atoms with Crippen LogP contribution in [0.2, 0.25) is 0 Å². The minimum atomic E-state index is -0.930. The lowest BCUT2D eigenvalue weighted by Gasteiger charge is -2.09. The van der Waals surface area contributed by atoms with E-state index in [1.807, 2.05) is 0 Å². The maximum atomic E-state index is 10.8. The van der Waals surface area contributed by atoms with Gasteiger partial charge in [-0.2, -0.15) is 4.99 Å². The first-order chi connectivity index (χ1) is 6.79. The van der Waals surface area contributed by atoms with Crippen molar-refractivity contribution in [3.63, 3.8) is 0 Å². The zero-order valence-corrected chi connectivity index (χ0v) is 7.25. The van der Waals surface area contributed by atoms with E-state index in [2.05, 4.69) is 9.98 Å². The van der Waals surface area contributed by atoms with Crippen molar-refractivity contribution in [1.29, 1.82) is 0 Å². The van der Waals surface area contributed by atoms with Gasteiger partial charge in [-0.25, -0.2) is 4.79 Å². The molecule has 2 heterocycles. The largest absolute Gasteiger partial charge is 0.476 e. The van der Waals surface area contributed by atoms with Gasteiger partial charge in [0.25, 0.3) is 6.04 Å². The smallest absolute Gasteiger partial charge is 0.377 e. The van der Waals surface area contributed by atoms with Crippen molar-refractivity contribution in [3.8, 4) is 0 Å². The Morgan fingerprint density at radius 3 is 2.86 bits per heavy atom. The van der Waals surface area contributed by atoms with Crippen LogP contribution in [0.4, 0.5) is 0 Å². The molecule has 0 radical (unpaired) electrons. The van der Waals surface area contributed by atoms with Gasteiger partial charge in [0.05, 0.1) is 0 Å². The fraction of sp³-hybridized carbons (Fsp3) is 0.222. The van der Waals surface area contributed by atoms with Crippen molar-refractivity contribution in [1.82, 2.24) is 4.98 Å². The molecule has 1 unspecified atom stereocenters. The predicted molar refractivity (Wildman–Crippen MR) is 46.5 cm³/mol. The molecule has 1 aromatic rings. The SMILES string of the molecule is O=C(O)C1[NH+]=CO[C@@H]1c1ccncc1. The fourth-order valence-electron chi connectivity index (χ4n) is 1.38. The number of carbonyl (C=O) groups is 1. The lowest BCUT2D eigenvalue weighted by atomic mass is 10.0. The normalized spacial score (nSPS) is 24.6. The Morgan fingerprint density at radius 2 is 2.21 bits per heavy atom. The van der Waals surface area contributed by atoms with E-state index in [0.717, 1.165) is 5.56 Å². The summed E-state index contributed by atoms with van der Waals surface area (Å²) in [5.74, 6) is -0.930. The van der Waals surface area contributed by atoms with Gasteiger partial charge in [-0.05, 0) is 12.1 Å². The molecule has 0 saturated carbocycles. The first-order valence-electron chi connectivity index (χ1n) is 4.15. The molecular weight excluding hydrogens is 184 g/mol. The highest BCUT2D eigenvalue weighted by molar-refractivity contribution is 5.74. The Hall–Kier alpha value is -1.91. The van der Waals surface area contributed by atoms with Crippen molar-refractivity contribution in [2.24, 2.45) is 0 Å². The standard InChI is InChI=1S/C9H8N2O3/c12-9(13)7-8(14-5-11-7)6-1-3-10-4-2-6/h1-5,7-8H,(H,12,13)/p+1/t7?,8-/m1/s1. The highest BCUT2D eigenvalue weighted by Gasteiger charge is 2.39. The number of hydrogen-bond acceptors (Lipinski definition) is 3. The average molecular weight is 193 g/mol. The van der Waals surface area contributed by atoms with Crippen LogP contribution in [0, 0.1) is 0 Å². The number of hydrogen-bond donors (Lipinski definition) is 2. The van der Waals surface area contributed by atoms with Crippen LogP contribution < -0.4 is 4.99 Å². The van der Waals surface area contributed by atoms with Crippen molar-refractivity contribution >= 4 is 12.4 Å². The number of carboxylic acid groups (broad SMARTS) is 1. The van der Waals surface area contributed by atoms with E-state index in [1.165, 1.54) is 6.40 Å². The van der Waals surface area contributed by atoms with Crippen LogP contribution in [0.25, 0.3) is 0 Å². The molecule has 2 rings (SSSR count). The van der Waals surface area contributed by atoms with Gasteiger partial charge in [0.1, 0.15) is 0 Å². The van der Waals surface area contributed by atoms with Gasteiger partial charge >= 0.3 is 12.4 Å². The number of pyridine rings is 1. The first kappa shape index (κ1) is 8.68. The molecule has 0 fully saturated rings. The molecule has 5 nitrogen and oxygen atoms in total. The van der Waals surface area contributed by atoms with E-state index in [4.69, 9.17) is 9.84 Å². The Morgan fingerprint density at radius 1 is 1.50 bits per heavy atom. The zero-order valence-electron chi connectivity index (χ0n) is 7.25. The minimum absolute atomic E-state index is 0.476. The molecule has 0 bridgehead atoms. The second-order valence-corrected chi connectivity index (χ2v) is 2.94. The van der Waals surface area contributed by atoms with E-state index in [0.29, 0.717) is 0 Å². The molecule has 0 aliphatic carbocycles. The number of ether oxygens (including phenoxy) is 1. The Labute approximate surface area is 80.1 Å². The number of rotatable bonds is 2. The van der Waals surface area contributed by atoms with Crippen LogP contribution in [0.5, 0.6) is 0 Å². The molecule has 0 saturated heterocycles. The summed E-state index contributed by atoms with van der Waals surface area (Å²) in [4.78, 5) is 17.3. The van der Waals surface area contributed by atoms with Gasteiger partial charge in [0.2, 0.25) is 6.10 Å². The van der Waals surface area contributed by atoms with Crippen LogP contribution in [0.15, 0.2) is 24.5 Å². The van der Waals surface area contributed by atoms with Crippen molar-refractivity contribution in [3.05, 3.63) is 30.1 Å². The van der Waals surface area contributed by atoms with Crippen LogP contribution >= 0.6 is 0 Å². The van der Waals surface area contributed by atoms with Crippen LogP contribution in [0.1, 0.15) is 11.7 Å². The average Bonchev–Trinajstić information content (AvgIpc) is 2.67. The quantitative estimate of drug-likeness (QED) is 0.613. The molecule has 1 aliphatic heterocycles. The third kappa shape index (κ3) is 1.44. The molecular formula is C9H9N2O3+. The second kappa shape index (κ2) is 3.45. The molecule has 2 N–H and O–H groups in total. The maximum Gasteiger partial charge on any atom is 0.377 e. The topological polar surface area (TPSA) is 73.4 Å². The summed E-state index contributed by atoms with van der Waals surface area (Å²) in [7, 11) is 0. The highest BCUT2D eigenvalue weighted by Crippen LogP contribution is 2.19. The lowest BCUT2D eigenvalue weighted by Crippen LogP contribution is -2.77. The first-order valence-corrected chi connectivity index (χ1v) is 4.15. The van der Waals surface area contributed by atoms with E-state index < -0.39 is 18.1 Å². The van der Waals surface area contributed by atoms with E-state index in [-0.39, 0.29) is 0 Å². The summed E-state index contributed by atoms with van der Waals surface area (Å²) < 4.78 is 5.17. The van der Waals surface area contributed by atoms with Crippen molar-refractivity contribution in [2.75, 3.05) is 0 Å². The molecule has 5 heteroatoms. The van der Waals surface area contributed by atoms with Crippen LogP contribution in [-0.2, 0) is 9.53 Å². The fourth-order valence-corrected chi connectivity index (χ4v) is 1.38. The lowest BCUT2D eigenvalue weighted by molar-refractivity contribution is -0.479. The summed E-state index contributed by atoms with van der Waals surface area (Å²) in [6, 6.07) is 2.75. The van der Waals surface area contributed by atoms with Gasteiger partial charge in [-0.1, -0.05) is 0 Å². The van der Waals surface area contributed by atoms with Gasteiger partial charge in [0.15, 0.2) is 0 Å². The predicted octanol–water partition coefficient (Wildman–Crippen LogP) is -1.28. The van der Waals surface area contributed by atoms with Gasteiger partial charge < -0.3 is 9.84 Å². The summed E-state index contributed by atoms with van der Waals surface area (Å²) in [6.45, 7) is 0. The Balaban J connectivity index is 2.24. The maximum absolute atomic E-state index is 10.8. The number of nitrogens with one attached hydrogen (secondary N) is 1. The second-order valence-electron chi connectivity index (χ2n) is 2.94. The van der Waals surface area contributed by atoms with Crippen LogP contribution in [0.3, 0.4) is 0 Å².